The Morgan fingerprint density at radius 2 is 2.00 bits per heavy atom. The maximum absolute atomic E-state index is 12.3. The Labute approximate surface area is 123 Å². The third kappa shape index (κ3) is 4.63. The van der Waals surface area contributed by atoms with Crippen molar-refractivity contribution in [1.82, 2.24) is 4.90 Å². The second-order valence-electron chi connectivity index (χ2n) is 5.50. The Balaban J connectivity index is 1.88. The molecule has 1 aliphatic rings. The Hall–Kier alpha value is -0.810. The molecule has 0 amide bonds. The molecule has 0 spiro atoms. The van der Waals surface area contributed by atoms with Gasteiger partial charge in [-0.2, -0.15) is 8.78 Å². The summed E-state index contributed by atoms with van der Waals surface area (Å²) < 4.78 is 24.5. The molecular weight excluding hydrogens is 278 g/mol. The number of nitrogens with one attached hydrogen (secondary N) is 1. The number of hydrogen-bond acceptors (Lipinski definition) is 3. The molecule has 1 aliphatic heterocycles. The molecule has 2 atom stereocenters. The molecule has 1 aromatic carbocycles. The summed E-state index contributed by atoms with van der Waals surface area (Å²) in [6.07, 6.45) is 2.50. The molecule has 112 valence electrons. The first kappa shape index (κ1) is 15.6. The van der Waals surface area contributed by atoms with E-state index in [1.165, 1.54) is 19.4 Å². The molecule has 2 unspecified atom stereocenters. The Bertz CT molecular complexity index is 411. The lowest BCUT2D eigenvalue weighted by Crippen LogP contribution is -2.39. The maximum atomic E-state index is 12.3. The van der Waals surface area contributed by atoms with Gasteiger partial charge >= 0.3 is 0 Å². The predicted molar refractivity (Wildman–Crippen MR) is 81.6 cm³/mol. The molecule has 0 bridgehead atoms. The fourth-order valence-electron chi connectivity index (χ4n) is 2.73. The molecule has 20 heavy (non-hydrogen) atoms. The van der Waals surface area contributed by atoms with Crippen LogP contribution in [-0.2, 0) is 0 Å². The number of likely N-dealkylation sites (tertiary alicyclic amines) is 1. The minimum absolute atomic E-state index is 0.395. The first-order chi connectivity index (χ1) is 9.54. The molecule has 1 heterocycles. The third-order valence-electron chi connectivity index (χ3n) is 3.84. The zero-order valence-electron chi connectivity index (χ0n) is 12.0. The van der Waals surface area contributed by atoms with E-state index in [0.29, 0.717) is 28.6 Å². The number of rotatable bonds is 5. The number of alkyl halides is 2. The first-order valence-electron chi connectivity index (χ1n) is 7.04. The van der Waals surface area contributed by atoms with Crippen LogP contribution < -0.4 is 5.32 Å². The van der Waals surface area contributed by atoms with Crippen LogP contribution in [0, 0.1) is 5.92 Å². The van der Waals surface area contributed by atoms with Crippen LogP contribution in [0.2, 0.25) is 0 Å². The van der Waals surface area contributed by atoms with E-state index in [1.54, 1.807) is 12.1 Å². The van der Waals surface area contributed by atoms with Crippen LogP contribution in [0.1, 0.15) is 19.8 Å². The molecule has 1 fully saturated rings. The molecule has 0 aliphatic carbocycles. The van der Waals surface area contributed by atoms with Crippen molar-refractivity contribution >= 4 is 17.4 Å². The molecule has 1 aromatic rings. The van der Waals surface area contributed by atoms with Gasteiger partial charge in [-0.05, 0) is 63.5 Å². The van der Waals surface area contributed by atoms with Gasteiger partial charge in [0.2, 0.25) is 0 Å². The summed E-state index contributed by atoms with van der Waals surface area (Å²) in [7, 11) is 2.16. The van der Waals surface area contributed by atoms with Crippen molar-refractivity contribution in [2.24, 2.45) is 5.92 Å². The zero-order valence-corrected chi connectivity index (χ0v) is 12.8. The fraction of sp³-hybridized carbons (Fsp3) is 0.600. The summed E-state index contributed by atoms with van der Waals surface area (Å²) in [4.78, 5) is 2.98. The molecule has 2 nitrogen and oxygen atoms in total. The summed E-state index contributed by atoms with van der Waals surface area (Å²) in [6, 6.07) is 7.66. The summed E-state index contributed by atoms with van der Waals surface area (Å²) in [5.41, 5.74) is 1.00. The number of thioether (sulfide) groups is 1. The molecule has 0 aromatic heterocycles. The molecule has 0 radical (unpaired) electrons. The summed E-state index contributed by atoms with van der Waals surface area (Å²) in [5, 5.41) is 3.49. The highest BCUT2D eigenvalue weighted by atomic mass is 32.2. The van der Waals surface area contributed by atoms with E-state index in [4.69, 9.17) is 0 Å². The topological polar surface area (TPSA) is 15.3 Å². The van der Waals surface area contributed by atoms with Crippen molar-refractivity contribution in [2.75, 3.05) is 25.5 Å². The Kier molecular flexibility index (Phi) is 5.66. The van der Waals surface area contributed by atoms with Crippen molar-refractivity contribution in [3.63, 3.8) is 0 Å². The van der Waals surface area contributed by atoms with E-state index in [2.05, 4.69) is 24.2 Å². The average molecular weight is 300 g/mol. The quantitative estimate of drug-likeness (QED) is 0.823. The molecule has 2 rings (SSSR count). The van der Waals surface area contributed by atoms with Crippen LogP contribution in [0.15, 0.2) is 29.2 Å². The zero-order chi connectivity index (χ0) is 14.5. The summed E-state index contributed by atoms with van der Waals surface area (Å²) in [5.74, 6) is -1.71. The van der Waals surface area contributed by atoms with Crippen LogP contribution in [0.5, 0.6) is 0 Å². The molecule has 5 heteroatoms. The van der Waals surface area contributed by atoms with Gasteiger partial charge in [-0.3, -0.25) is 0 Å². The average Bonchev–Trinajstić information content (AvgIpc) is 2.40. The smallest absolute Gasteiger partial charge is 0.288 e. The van der Waals surface area contributed by atoms with Crippen LogP contribution in [0.3, 0.4) is 0 Å². The lowest BCUT2D eigenvalue weighted by molar-refractivity contribution is 0.197. The van der Waals surface area contributed by atoms with Crippen molar-refractivity contribution in [2.45, 2.75) is 36.5 Å². The van der Waals surface area contributed by atoms with E-state index in [1.807, 2.05) is 12.1 Å². The van der Waals surface area contributed by atoms with Crippen molar-refractivity contribution in [1.29, 1.82) is 0 Å². The lowest BCUT2D eigenvalue weighted by Gasteiger charge is -2.34. The number of anilines is 1. The number of hydrogen-bond donors (Lipinski definition) is 1. The predicted octanol–water partition coefficient (Wildman–Crippen LogP) is 4.14. The molecule has 0 saturated carbocycles. The molecular formula is C15H22F2N2S. The number of benzene rings is 1. The van der Waals surface area contributed by atoms with E-state index < -0.39 is 5.76 Å². The minimum atomic E-state index is -2.36. The second kappa shape index (κ2) is 7.27. The minimum Gasteiger partial charge on any atom is -0.382 e. The van der Waals surface area contributed by atoms with Gasteiger partial charge < -0.3 is 10.2 Å². The first-order valence-corrected chi connectivity index (χ1v) is 7.92. The van der Waals surface area contributed by atoms with Crippen molar-refractivity contribution < 1.29 is 8.78 Å². The highest BCUT2D eigenvalue weighted by molar-refractivity contribution is 7.99. The lowest BCUT2D eigenvalue weighted by atomic mass is 9.92. The monoisotopic (exact) mass is 300 g/mol. The van der Waals surface area contributed by atoms with Crippen molar-refractivity contribution in [3.05, 3.63) is 24.3 Å². The fourth-order valence-corrected chi connectivity index (χ4v) is 3.23. The van der Waals surface area contributed by atoms with Gasteiger partial charge in [0.15, 0.2) is 0 Å². The van der Waals surface area contributed by atoms with Gasteiger partial charge in [0, 0.05) is 23.2 Å². The van der Waals surface area contributed by atoms with Crippen molar-refractivity contribution in [3.8, 4) is 0 Å². The number of piperidine rings is 1. The van der Waals surface area contributed by atoms with Gasteiger partial charge in [-0.15, -0.1) is 0 Å². The van der Waals surface area contributed by atoms with E-state index in [-0.39, 0.29) is 0 Å². The molecule has 1 saturated heterocycles. The SMILES string of the molecule is CC(Nc1ccc(SC(F)F)cc1)C1CCCN(C)C1. The highest BCUT2D eigenvalue weighted by Gasteiger charge is 2.22. The van der Waals surface area contributed by atoms with E-state index >= 15 is 0 Å². The van der Waals surface area contributed by atoms with Gasteiger partial charge in [0.05, 0.1) is 0 Å². The van der Waals surface area contributed by atoms with Crippen LogP contribution in [-0.4, -0.2) is 36.8 Å². The molecule has 1 N–H and O–H groups in total. The standard InChI is InChI=1S/C15H22F2N2S/c1-11(12-4-3-9-19(2)10-12)18-13-5-7-14(8-6-13)20-15(16)17/h5-8,11-12,15,18H,3-4,9-10H2,1-2H3. The summed E-state index contributed by atoms with van der Waals surface area (Å²) in [6.45, 7) is 4.50. The highest BCUT2D eigenvalue weighted by Crippen LogP contribution is 2.27. The van der Waals surface area contributed by atoms with Gasteiger partial charge in [-0.1, -0.05) is 11.8 Å². The van der Waals surface area contributed by atoms with Gasteiger partial charge in [0.25, 0.3) is 5.76 Å². The van der Waals surface area contributed by atoms with Crippen LogP contribution in [0.25, 0.3) is 0 Å². The van der Waals surface area contributed by atoms with Crippen LogP contribution in [0.4, 0.5) is 14.5 Å². The van der Waals surface area contributed by atoms with Gasteiger partial charge in [0.1, 0.15) is 0 Å². The van der Waals surface area contributed by atoms with E-state index in [0.717, 1.165) is 12.2 Å². The number of nitrogens with zero attached hydrogens (tertiary/aromatic N) is 1. The Morgan fingerprint density at radius 3 is 2.60 bits per heavy atom. The normalized spacial score (nSPS) is 21.9. The summed E-state index contributed by atoms with van der Waals surface area (Å²) >= 11 is 0.587. The number of halogens is 2. The van der Waals surface area contributed by atoms with Gasteiger partial charge in [-0.25, -0.2) is 0 Å². The van der Waals surface area contributed by atoms with E-state index in [9.17, 15) is 8.78 Å². The third-order valence-corrected chi connectivity index (χ3v) is 4.56. The Morgan fingerprint density at radius 1 is 1.30 bits per heavy atom. The largest absolute Gasteiger partial charge is 0.382 e. The van der Waals surface area contributed by atoms with Crippen LogP contribution >= 0.6 is 11.8 Å². The maximum Gasteiger partial charge on any atom is 0.288 e. The second-order valence-corrected chi connectivity index (χ2v) is 6.56.